The highest BCUT2D eigenvalue weighted by Gasteiger charge is 2.35. The predicted molar refractivity (Wildman–Crippen MR) is 322 cm³/mol. The maximum absolute atomic E-state index is 15.3. The van der Waals surface area contributed by atoms with E-state index in [1.54, 1.807) is 72.8 Å². The molecule has 17 heteroatoms. The lowest BCUT2D eigenvalue weighted by atomic mass is 9.95. The zero-order chi connectivity index (χ0) is 59.9. The van der Waals surface area contributed by atoms with Gasteiger partial charge in [0.25, 0.3) is 0 Å². The van der Waals surface area contributed by atoms with Crippen molar-refractivity contribution in [2.75, 3.05) is 6.54 Å². The molecule has 17 nitrogen and oxygen atoms in total. The number of ether oxygens (including phenoxy) is 5. The lowest BCUT2D eigenvalue weighted by molar-refractivity contribution is -0.149. The third-order valence-electron chi connectivity index (χ3n) is 14.2. The Morgan fingerprint density at radius 2 is 0.919 bits per heavy atom. The Hall–Kier alpha value is -10.3. The molecule has 9 rings (SSSR count). The van der Waals surface area contributed by atoms with Crippen LogP contribution in [0.2, 0.25) is 0 Å². The molecule has 1 heterocycles. The third kappa shape index (κ3) is 18.4. The molecule has 0 radical (unpaired) electrons. The summed E-state index contributed by atoms with van der Waals surface area (Å²) in [4.78, 5) is 86.7. The molecule has 5 amide bonds. The first kappa shape index (κ1) is 60.3. The molecule has 86 heavy (non-hydrogen) atoms. The van der Waals surface area contributed by atoms with Gasteiger partial charge < -0.3 is 55.4 Å². The number of hydrogen-bond donors (Lipinski definition) is 6. The molecule has 0 saturated heterocycles. The molecule has 0 aliphatic carbocycles. The molecule has 8 aromatic carbocycles. The fourth-order valence-corrected chi connectivity index (χ4v) is 9.61. The molecule has 1 aliphatic heterocycles. The maximum Gasteiger partial charge on any atom is 0.408 e. The van der Waals surface area contributed by atoms with E-state index >= 15 is 14.4 Å². The van der Waals surface area contributed by atoms with E-state index < -0.39 is 79.1 Å². The summed E-state index contributed by atoms with van der Waals surface area (Å²) < 4.78 is 29.8. The van der Waals surface area contributed by atoms with E-state index in [1.807, 2.05) is 146 Å². The van der Waals surface area contributed by atoms with Gasteiger partial charge in [-0.2, -0.15) is 0 Å². The standard InChI is InChI=1S/C69H67N5O12/c75-57(41-70-68(80)85-45-51-27-15-5-16-28-51)40-60-66(78)71-58(64(76)73-61(35-47-19-7-1-8-20-47)67(79)84-44-50-25-13-4-14-26-50)38-55-36-53(31-33-62(55)82-42-48-21-9-2-10-22-48)54-32-34-63(83-43-49-23-11-3-12-24-49)56(37-54)39-59(65(77)72-60)74-69(81)86-46-52-29-17-6-18-30-52/h1-34,36-37,57-61,75H,35,38-46H2,(H,70,80)(H,71,78)(H,72,77)(H,73,76)(H,74,81)/t57-,58+,59+,60+,61+/m1/s1. The van der Waals surface area contributed by atoms with Crippen molar-refractivity contribution < 1.29 is 57.6 Å². The number of carbonyl (C=O) groups is 6. The van der Waals surface area contributed by atoms with Gasteiger partial charge in [0.1, 0.15) is 68.7 Å². The molecular formula is C69H67N5O12. The van der Waals surface area contributed by atoms with Crippen molar-refractivity contribution in [3.05, 3.63) is 263 Å². The van der Waals surface area contributed by atoms with Crippen LogP contribution < -0.4 is 36.1 Å². The van der Waals surface area contributed by atoms with E-state index in [-0.39, 0.29) is 52.3 Å². The summed E-state index contributed by atoms with van der Waals surface area (Å²) in [5.74, 6) is -2.58. The lowest BCUT2D eigenvalue weighted by Crippen LogP contribution is -2.59. The normalized spacial score (nSPS) is 15.5. The van der Waals surface area contributed by atoms with Gasteiger partial charge in [-0.15, -0.1) is 0 Å². The highest BCUT2D eigenvalue weighted by atomic mass is 16.6. The van der Waals surface area contributed by atoms with Crippen molar-refractivity contribution in [3.8, 4) is 22.6 Å². The van der Waals surface area contributed by atoms with E-state index in [0.717, 1.165) is 22.3 Å². The summed E-state index contributed by atoms with van der Waals surface area (Å²) in [6, 6.07) is 60.2. The Morgan fingerprint density at radius 3 is 1.41 bits per heavy atom. The topological polar surface area (TPSA) is 229 Å². The van der Waals surface area contributed by atoms with Crippen LogP contribution in [-0.4, -0.2) is 77.8 Å². The number of aliphatic hydroxyl groups is 1. The van der Waals surface area contributed by atoms with Gasteiger partial charge in [-0.3, -0.25) is 14.4 Å². The summed E-state index contributed by atoms with van der Waals surface area (Å²) in [6.45, 7) is -0.405. The molecule has 1 aliphatic rings. The second-order valence-electron chi connectivity index (χ2n) is 20.7. The van der Waals surface area contributed by atoms with Crippen LogP contribution in [0.4, 0.5) is 9.59 Å². The largest absolute Gasteiger partial charge is 0.489 e. The predicted octanol–water partition coefficient (Wildman–Crippen LogP) is 9.02. The second-order valence-corrected chi connectivity index (χ2v) is 20.7. The molecular weight excluding hydrogens is 1090 g/mol. The summed E-state index contributed by atoms with van der Waals surface area (Å²) in [5.41, 5.74) is 6.86. The van der Waals surface area contributed by atoms with Crippen LogP contribution in [0, 0.1) is 0 Å². The van der Waals surface area contributed by atoms with Crippen LogP contribution in [0.5, 0.6) is 11.5 Å². The fourth-order valence-electron chi connectivity index (χ4n) is 9.61. The summed E-state index contributed by atoms with van der Waals surface area (Å²) in [7, 11) is 0. The van der Waals surface area contributed by atoms with Crippen LogP contribution in [0.15, 0.2) is 218 Å². The fraction of sp³-hybridized carbons (Fsp3) is 0.217. The van der Waals surface area contributed by atoms with E-state index in [9.17, 15) is 19.5 Å². The van der Waals surface area contributed by atoms with Crippen LogP contribution in [0.3, 0.4) is 0 Å². The number of carbonyl (C=O) groups excluding carboxylic acids is 6. The highest BCUT2D eigenvalue weighted by molar-refractivity contribution is 5.95. The first-order valence-electron chi connectivity index (χ1n) is 28.3. The van der Waals surface area contributed by atoms with Gasteiger partial charge >= 0.3 is 18.2 Å². The summed E-state index contributed by atoms with van der Waals surface area (Å²) in [6.07, 6.45) is -4.25. The monoisotopic (exact) mass is 1160 g/mol. The van der Waals surface area contributed by atoms with Crippen molar-refractivity contribution in [1.82, 2.24) is 26.6 Å². The number of benzene rings is 8. The van der Waals surface area contributed by atoms with Crippen molar-refractivity contribution in [3.63, 3.8) is 0 Å². The number of amides is 5. The minimum Gasteiger partial charge on any atom is -0.489 e. The van der Waals surface area contributed by atoms with Gasteiger partial charge in [0, 0.05) is 32.2 Å². The highest BCUT2D eigenvalue weighted by Crippen LogP contribution is 2.33. The second kappa shape index (κ2) is 30.9. The SMILES string of the molecule is O=C(NC[C@H](O)C[C@@H]1NC(=O)[C@@H](NC(=O)OCc2ccccc2)Cc2cc(ccc2OCc2ccccc2)-c2ccc(OCc3ccccc3)c(c2)C[C@@H](C(=O)N[C@@H](Cc2ccccc2)C(=O)OCc2ccccc2)NC1=O)OCc1ccccc1. The summed E-state index contributed by atoms with van der Waals surface area (Å²) >= 11 is 0. The van der Waals surface area contributed by atoms with Gasteiger partial charge in [0.05, 0.1) is 6.10 Å². The van der Waals surface area contributed by atoms with Gasteiger partial charge in [0.15, 0.2) is 0 Å². The average molecular weight is 1160 g/mol. The molecule has 8 aromatic rings. The number of fused-ring (bicyclic) bond motifs is 5. The van der Waals surface area contributed by atoms with Crippen molar-refractivity contribution in [2.24, 2.45) is 0 Å². The number of esters is 1. The Kier molecular flexibility index (Phi) is 21.7. The van der Waals surface area contributed by atoms with Crippen LogP contribution in [-0.2, 0) is 85.7 Å². The van der Waals surface area contributed by atoms with E-state index in [1.165, 1.54) is 0 Å². The van der Waals surface area contributed by atoms with E-state index in [4.69, 9.17) is 23.7 Å². The third-order valence-corrected chi connectivity index (χ3v) is 14.2. The van der Waals surface area contributed by atoms with Crippen molar-refractivity contribution in [2.45, 2.75) is 89.0 Å². The first-order chi connectivity index (χ1) is 42.0. The molecule has 0 unspecified atom stereocenters. The zero-order valence-electron chi connectivity index (χ0n) is 47.2. The molecule has 4 bridgehead atoms. The molecule has 0 saturated carbocycles. The smallest absolute Gasteiger partial charge is 0.408 e. The van der Waals surface area contributed by atoms with Gasteiger partial charge in [0.2, 0.25) is 17.7 Å². The van der Waals surface area contributed by atoms with Crippen LogP contribution >= 0.6 is 0 Å². The molecule has 0 spiro atoms. The van der Waals surface area contributed by atoms with E-state index in [2.05, 4.69) is 26.6 Å². The van der Waals surface area contributed by atoms with E-state index in [0.29, 0.717) is 44.9 Å². The molecule has 440 valence electrons. The summed E-state index contributed by atoms with van der Waals surface area (Å²) in [5, 5.41) is 25.4. The van der Waals surface area contributed by atoms with Gasteiger partial charge in [-0.1, -0.05) is 194 Å². The number of hydrogen-bond acceptors (Lipinski definition) is 12. The minimum atomic E-state index is -1.65. The van der Waals surface area contributed by atoms with Crippen molar-refractivity contribution in [1.29, 1.82) is 0 Å². The number of rotatable bonds is 22. The van der Waals surface area contributed by atoms with Crippen LogP contribution in [0.1, 0.15) is 50.9 Å². The molecule has 0 fully saturated rings. The number of nitrogens with one attached hydrogen (secondary N) is 5. The average Bonchev–Trinajstić information content (AvgIpc) is 3.09. The quantitative estimate of drug-likeness (QED) is 0.0276. The Bertz CT molecular complexity index is 3510. The molecule has 0 aromatic heterocycles. The molecule has 6 N–H and O–H groups in total. The minimum absolute atomic E-state index is 0.0169. The van der Waals surface area contributed by atoms with Crippen molar-refractivity contribution >= 4 is 35.9 Å². The lowest BCUT2D eigenvalue weighted by Gasteiger charge is -2.28. The Morgan fingerprint density at radius 1 is 0.488 bits per heavy atom. The Labute approximate surface area is 499 Å². The van der Waals surface area contributed by atoms with Crippen LogP contribution in [0.25, 0.3) is 11.1 Å². The number of alkyl carbamates (subject to hydrolysis) is 2. The number of aliphatic hydroxyl groups excluding tert-OH is 1. The zero-order valence-corrected chi connectivity index (χ0v) is 47.2. The Balaban J connectivity index is 1.10. The first-order valence-corrected chi connectivity index (χ1v) is 28.3. The maximum atomic E-state index is 15.3. The van der Waals surface area contributed by atoms with Gasteiger partial charge in [-0.25, -0.2) is 14.4 Å². The van der Waals surface area contributed by atoms with Gasteiger partial charge in [-0.05, 0) is 79.9 Å². The molecule has 5 atom stereocenters.